The van der Waals surface area contributed by atoms with Crippen LogP contribution in [0.3, 0.4) is 0 Å². The molecule has 0 aliphatic heterocycles. The van der Waals surface area contributed by atoms with Crippen molar-refractivity contribution in [3.63, 3.8) is 0 Å². The third kappa shape index (κ3) is 6.00. The summed E-state index contributed by atoms with van der Waals surface area (Å²) in [5, 5.41) is 9.60. The van der Waals surface area contributed by atoms with Crippen molar-refractivity contribution in [3.05, 3.63) is 59.2 Å². The van der Waals surface area contributed by atoms with Crippen LogP contribution in [0.5, 0.6) is 0 Å². The van der Waals surface area contributed by atoms with Crippen LogP contribution < -0.4 is 10.9 Å². The first-order valence-electron chi connectivity index (χ1n) is 8.60. The standard InChI is InChI=1S/C20H18N4O4S/c1-20(2,27)10-9-13-3-5-14(6-4-13)12-28-19(26)22-21-18(25)15-7-8-16-17(11-15)24-29-23-16/h3-8,11,27H,12H2,1-2H3,(H,21,25)(H,22,26). The van der Waals surface area contributed by atoms with Crippen molar-refractivity contribution in [2.24, 2.45) is 0 Å². The lowest BCUT2D eigenvalue weighted by Crippen LogP contribution is -2.41. The highest BCUT2D eigenvalue weighted by Gasteiger charge is 2.10. The maximum atomic E-state index is 12.1. The number of hydrazine groups is 1. The summed E-state index contributed by atoms with van der Waals surface area (Å²) in [7, 11) is 0. The van der Waals surface area contributed by atoms with Gasteiger partial charge in [-0.1, -0.05) is 24.0 Å². The number of amides is 2. The van der Waals surface area contributed by atoms with Crippen LogP contribution in [0.4, 0.5) is 4.79 Å². The Morgan fingerprint density at radius 3 is 2.55 bits per heavy atom. The largest absolute Gasteiger partial charge is 0.443 e. The highest BCUT2D eigenvalue weighted by molar-refractivity contribution is 7.00. The van der Waals surface area contributed by atoms with E-state index in [2.05, 4.69) is 31.4 Å². The third-order valence-corrected chi connectivity index (χ3v) is 4.19. The second-order valence-corrected chi connectivity index (χ2v) is 7.16. The first kappa shape index (κ1) is 20.3. The van der Waals surface area contributed by atoms with Crippen molar-refractivity contribution in [2.45, 2.75) is 26.1 Å². The number of carbonyl (C=O) groups excluding carboxylic acids is 2. The zero-order chi connectivity index (χ0) is 20.9. The maximum Gasteiger partial charge on any atom is 0.426 e. The third-order valence-electron chi connectivity index (χ3n) is 3.63. The minimum absolute atomic E-state index is 0.0252. The van der Waals surface area contributed by atoms with Crippen LogP contribution in [0, 0.1) is 11.8 Å². The van der Waals surface area contributed by atoms with Crippen LogP contribution >= 0.6 is 11.7 Å². The molecule has 2 aromatic carbocycles. The molecule has 1 heterocycles. The average molecular weight is 410 g/mol. The van der Waals surface area contributed by atoms with Gasteiger partial charge in [0.05, 0.1) is 11.7 Å². The summed E-state index contributed by atoms with van der Waals surface area (Å²) in [6.07, 6.45) is -0.791. The lowest BCUT2D eigenvalue weighted by Gasteiger charge is -2.09. The number of ether oxygens (including phenoxy) is 1. The van der Waals surface area contributed by atoms with Crippen LogP contribution in [-0.4, -0.2) is 31.5 Å². The maximum absolute atomic E-state index is 12.1. The molecule has 0 fully saturated rings. The molecule has 0 aliphatic carbocycles. The van der Waals surface area contributed by atoms with Crippen molar-refractivity contribution < 1.29 is 19.4 Å². The number of fused-ring (bicyclic) bond motifs is 1. The summed E-state index contributed by atoms with van der Waals surface area (Å²) in [4.78, 5) is 23.9. The lowest BCUT2D eigenvalue weighted by molar-refractivity contribution is 0.0905. The topological polar surface area (TPSA) is 113 Å². The number of nitrogens with zero attached hydrogens (tertiary/aromatic N) is 2. The Bertz CT molecular complexity index is 1090. The van der Waals surface area contributed by atoms with Gasteiger partial charge < -0.3 is 9.84 Å². The molecule has 3 aromatic rings. The highest BCUT2D eigenvalue weighted by Crippen LogP contribution is 2.13. The number of carbonyl (C=O) groups is 2. The molecular weight excluding hydrogens is 392 g/mol. The molecule has 148 valence electrons. The molecule has 0 aliphatic rings. The molecule has 2 amide bonds. The van der Waals surface area contributed by atoms with E-state index in [1.54, 1.807) is 56.3 Å². The van der Waals surface area contributed by atoms with Gasteiger partial charge in [-0.3, -0.25) is 10.2 Å². The molecular formula is C20H18N4O4S. The average Bonchev–Trinajstić information content (AvgIpc) is 3.17. The van der Waals surface area contributed by atoms with Crippen LogP contribution in [0.25, 0.3) is 11.0 Å². The van der Waals surface area contributed by atoms with Crippen LogP contribution in [0.1, 0.15) is 35.3 Å². The number of nitrogens with one attached hydrogen (secondary N) is 2. The van der Waals surface area contributed by atoms with Gasteiger partial charge in [0.1, 0.15) is 23.2 Å². The van der Waals surface area contributed by atoms with Gasteiger partial charge in [-0.25, -0.2) is 10.2 Å². The van der Waals surface area contributed by atoms with E-state index in [0.717, 1.165) is 22.9 Å². The molecule has 9 heteroatoms. The van der Waals surface area contributed by atoms with E-state index >= 15 is 0 Å². The molecule has 0 saturated carbocycles. The van der Waals surface area contributed by atoms with E-state index < -0.39 is 17.6 Å². The molecule has 0 radical (unpaired) electrons. The predicted molar refractivity (Wildman–Crippen MR) is 108 cm³/mol. The Balaban J connectivity index is 1.47. The minimum Gasteiger partial charge on any atom is -0.443 e. The zero-order valence-electron chi connectivity index (χ0n) is 15.7. The van der Waals surface area contributed by atoms with Gasteiger partial charge in [-0.05, 0) is 49.7 Å². The number of benzene rings is 2. The summed E-state index contributed by atoms with van der Waals surface area (Å²) < 4.78 is 13.2. The fourth-order valence-corrected chi connectivity index (χ4v) is 2.72. The Labute approximate surface area is 171 Å². The van der Waals surface area contributed by atoms with Gasteiger partial charge in [0.15, 0.2) is 0 Å². The van der Waals surface area contributed by atoms with E-state index in [1.165, 1.54) is 0 Å². The van der Waals surface area contributed by atoms with E-state index in [0.29, 0.717) is 16.6 Å². The van der Waals surface area contributed by atoms with Gasteiger partial charge in [0, 0.05) is 11.1 Å². The number of aliphatic hydroxyl groups is 1. The van der Waals surface area contributed by atoms with Crippen LogP contribution in [-0.2, 0) is 11.3 Å². The van der Waals surface area contributed by atoms with Gasteiger partial charge >= 0.3 is 6.09 Å². The van der Waals surface area contributed by atoms with Gasteiger partial charge in [0.25, 0.3) is 5.91 Å². The first-order chi connectivity index (χ1) is 13.8. The Morgan fingerprint density at radius 2 is 1.83 bits per heavy atom. The monoisotopic (exact) mass is 410 g/mol. The van der Waals surface area contributed by atoms with Crippen molar-refractivity contribution in [1.29, 1.82) is 0 Å². The molecule has 0 spiro atoms. The molecule has 0 unspecified atom stereocenters. The molecule has 0 bridgehead atoms. The summed E-state index contributed by atoms with van der Waals surface area (Å²) in [5.74, 6) is 5.09. The SMILES string of the molecule is CC(C)(O)C#Cc1ccc(COC(=O)NNC(=O)c2ccc3nsnc3c2)cc1. The number of hydrogen-bond acceptors (Lipinski definition) is 7. The molecule has 0 saturated heterocycles. The molecule has 8 nitrogen and oxygen atoms in total. The molecule has 0 atom stereocenters. The number of aromatic nitrogens is 2. The fraction of sp³-hybridized carbons (Fsp3) is 0.200. The van der Waals surface area contributed by atoms with Gasteiger partial charge in [-0.2, -0.15) is 8.75 Å². The van der Waals surface area contributed by atoms with E-state index in [-0.39, 0.29) is 6.61 Å². The molecule has 3 N–H and O–H groups in total. The summed E-state index contributed by atoms with van der Waals surface area (Å²) in [6.45, 7) is 3.24. The summed E-state index contributed by atoms with van der Waals surface area (Å²) >= 11 is 1.06. The zero-order valence-corrected chi connectivity index (χ0v) is 16.5. The quantitative estimate of drug-likeness (QED) is 0.451. The highest BCUT2D eigenvalue weighted by atomic mass is 32.1. The van der Waals surface area contributed by atoms with E-state index in [4.69, 9.17) is 4.74 Å². The molecule has 29 heavy (non-hydrogen) atoms. The number of rotatable bonds is 3. The second kappa shape index (κ2) is 8.68. The normalized spacial score (nSPS) is 10.7. The Kier molecular flexibility index (Phi) is 6.07. The summed E-state index contributed by atoms with van der Waals surface area (Å²) in [5.41, 5.74) is 6.56. The molecule has 3 rings (SSSR count). The Hall–Kier alpha value is -3.48. The van der Waals surface area contributed by atoms with Crippen molar-refractivity contribution in [2.75, 3.05) is 0 Å². The molecule has 1 aromatic heterocycles. The van der Waals surface area contributed by atoms with Crippen LogP contribution in [0.15, 0.2) is 42.5 Å². The van der Waals surface area contributed by atoms with E-state index in [9.17, 15) is 14.7 Å². The fourth-order valence-electron chi connectivity index (χ4n) is 2.20. The van der Waals surface area contributed by atoms with Crippen molar-refractivity contribution in [1.82, 2.24) is 19.6 Å². The second-order valence-electron chi connectivity index (χ2n) is 6.63. The van der Waals surface area contributed by atoms with Gasteiger partial charge in [-0.15, -0.1) is 0 Å². The smallest absolute Gasteiger partial charge is 0.426 e. The van der Waals surface area contributed by atoms with Crippen LogP contribution in [0.2, 0.25) is 0 Å². The van der Waals surface area contributed by atoms with E-state index in [1.807, 2.05) is 0 Å². The van der Waals surface area contributed by atoms with Crippen molar-refractivity contribution in [3.8, 4) is 11.8 Å². The minimum atomic E-state index is -1.06. The lowest BCUT2D eigenvalue weighted by atomic mass is 10.1. The van der Waals surface area contributed by atoms with Crippen molar-refractivity contribution >= 4 is 34.8 Å². The predicted octanol–water partition coefficient (Wildman–Crippen LogP) is 2.38. The number of hydrogen-bond donors (Lipinski definition) is 3. The summed E-state index contributed by atoms with van der Waals surface area (Å²) in [6, 6.07) is 11.9. The van der Waals surface area contributed by atoms with Gasteiger partial charge in [0.2, 0.25) is 0 Å². The first-order valence-corrected chi connectivity index (χ1v) is 9.33. The Morgan fingerprint density at radius 1 is 1.10 bits per heavy atom.